The molecule has 0 radical (unpaired) electrons. The molecule has 0 aliphatic carbocycles. The van der Waals surface area contributed by atoms with Gasteiger partial charge in [0.05, 0.1) is 6.42 Å². The number of rotatable bonds is 6. The van der Waals surface area contributed by atoms with Gasteiger partial charge in [-0.25, -0.2) is 0 Å². The number of hydrogen-bond donors (Lipinski definition) is 3. The fourth-order valence-corrected chi connectivity index (χ4v) is 1.99. The SMILES string of the molecule is N[C@H](C(=O)O)C(CC(=O)O)Oc1ccc2ccccc2c1. The summed E-state index contributed by atoms with van der Waals surface area (Å²) in [6.07, 6.45) is -1.62. The predicted octanol–water partition coefficient (Wildman–Crippen LogP) is 1.47. The van der Waals surface area contributed by atoms with Crippen LogP contribution < -0.4 is 10.5 Å². The second-order valence-electron chi connectivity index (χ2n) is 4.63. The number of carboxylic acids is 2. The normalized spacial score (nSPS) is 13.6. The zero-order valence-corrected chi connectivity index (χ0v) is 11.1. The Labute approximate surface area is 120 Å². The molecule has 0 bridgehead atoms. The third kappa shape index (κ3) is 3.70. The predicted molar refractivity (Wildman–Crippen MR) is 76.2 cm³/mol. The van der Waals surface area contributed by atoms with Crippen molar-refractivity contribution in [3.05, 3.63) is 42.5 Å². The Morgan fingerprint density at radius 2 is 1.76 bits per heavy atom. The zero-order valence-electron chi connectivity index (χ0n) is 11.1. The molecule has 0 amide bonds. The fraction of sp³-hybridized carbons (Fsp3) is 0.200. The van der Waals surface area contributed by atoms with Crippen LogP contribution in [0, 0.1) is 0 Å². The molecule has 0 aliphatic rings. The highest BCUT2D eigenvalue weighted by Crippen LogP contribution is 2.22. The number of aliphatic carboxylic acids is 2. The summed E-state index contributed by atoms with van der Waals surface area (Å²) in [5.41, 5.74) is 5.48. The summed E-state index contributed by atoms with van der Waals surface area (Å²) in [7, 11) is 0. The number of ether oxygens (including phenoxy) is 1. The van der Waals surface area contributed by atoms with Gasteiger partial charge in [-0.1, -0.05) is 30.3 Å². The molecule has 2 aromatic carbocycles. The Morgan fingerprint density at radius 1 is 1.10 bits per heavy atom. The molecule has 21 heavy (non-hydrogen) atoms. The van der Waals surface area contributed by atoms with Gasteiger partial charge in [-0.05, 0) is 22.9 Å². The topological polar surface area (TPSA) is 110 Å². The van der Waals surface area contributed by atoms with Gasteiger partial charge in [0.2, 0.25) is 0 Å². The largest absolute Gasteiger partial charge is 0.488 e. The van der Waals surface area contributed by atoms with Gasteiger partial charge in [0.25, 0.3) is 0 Å². The van der Waals surface area contributed by atoms with E-state index in [1.165, 1.54) is 0 Å². The van der Waals surface area contributed by atoms with Crippen LogP contribution in [0.3, 0.4) is 0 Å². The smallest absolute Gasteiger partial charge is 0.324 e. The first-order chi connectivity index (χ1) is 9.97. The standard InChI is InChI=1S/C15H15NO5/c16-14(15(19)20)12(8-13(17)18)21-11-6-5-9-3-1-2-4-10(9)7-11/h1-7,12,14H,8,16H2,(H,17,18)(H,19,20)/t12?,14-/m0/s1. The fourth-order valence-electron chi connectivity index (χ4n) is 1.99. The highest BCUT2D eigenvalue weighted by Gasteiger charge is 2.28. The van der Waals surface area contributed by atoms with Crippen molar-refractivity contribution in [3.8, 4) is 5.75 Å². The third-order valence-corrected chi connectivity index (χ3v) is 3.07. The van der Waals surface area contributed by atoms with E-state index in [2.05, 4.69) is 0 Å². The minimum Gasteiger partial charge on any atom is -0.488 e. The molecule has 1 unspecified atom stereocenters. The first kappa shape index (κ1) is 14.8. The first-order valence-electron chi connectivity index (χ1n) is 6.33. The molecule has 6 nitrogen and oxygen atoms in total. The van der Waals surface area contributed by atoms with Crippen LogP contribution in [0.15, 0.2) is 42.5 Å². The van der Waals surface area contributed by atoms with Crippen LogP contribution in [0.4, 0.5) is 0 Å². The van der Waals surface area contributed by atoms with Gasteiger partial charge >= 0.3 is 11.9 Å². The Morgan fingerprint density at radius 3 is 2.38 bits per heavy atom. The molecule has 6 heteroatoms. The first-order valence-corrected chi connectivity index (χ1v) is 6.33. The molecule has 0 fully saturated rings. The summed E-state index contributed by atoms with van der Waals surface area (Å²) in [4.78, 5) is 21.7. The van der Waals surface area contributed by atoms with E-state index < -0.39 is 30.5 Å². The number of hydrogen-bond acceptors (Lipinski definition) is 4. The maximum Gasteiger partial charge on any atom is 0.324 e. The highest BCUT2D eigenvalue weighted by atomic mass is 16.5. The number of nitrogens with two attached hydrogens (primary N) is 1. The van der Waals surface area contributed by atoms with Crippen LogP contribution in [0.25, 0.3) is 10.8 Å². The minimum absolute atomic E-state index is 0.386. The zero-order chi connectivity index (χ0) is 15.4. The number of benzene rings is 2. The van der Waals surface area contributed by atoms with Gasteiger partial charge in [-0.15, -0.1) is 0 Å². The van der Waals surface area contributed by atoms with Crippen LogP contribution in [0.1, 0.15) is 6.42 Å². The van der Waals surface area contributed by atoms with E-state index in [9.17, 15) is 9.59 Å². The molecule has 0 saturated heterocycles. The molecule has 4 N–H and O–H groups in total. The quantitative estimate of drug-likeness (QED) is 0.743. The van der Waals surface area contributed by atoms with Crippen molar-refractivity contribution < 1.29 is 24.5 Å². The Bertz CT molecular complexity index is 670. The van der Waals surface area contributed by atoms with Gasteiger partial charge in [0, 0.05) is 0 Å². The molecular formula is C15H15NO5. The van der Waals surface area contributed by atoms with E-state index >= 15 is 0 Å². The molecule has 0 heterocycles. The van der Waals surface area contributed by atoms with E-state index in [0.29, 0.717) is 5.75 Å². The molecule has 2 rings (SSSR count). The van der Waals surface area contributed by atoms with Gasteiger partial charge in [0.1, 0.15) is 17.9 Å². The lowest BCUT2D eigenvalue weighted by atomic mass is 10.1. The van der Waals surface area contributed by atoms with Crippen molar-refractivity contribution in [3.63, 3.8) is 0 Å². The van der Waals surface area contributed by atoms with E-state index in [-0.39, 0.29) is 0 Å². The van der Waals surface area contributed by atoms with Crippen molar-refractivity contribution in [1.29, 1.82) is 0 Å². The van der Waals surface area contributed by atoms with E-state index in [1.807, 2.05) is 30.3 Å². The van der Waals surface area contributed by atoms with E-state index in [0.717, 1.165) is 10.8 Å². The van der Waals surface area contributed by atoms with Gasteiger partial charge in [-0.2, -0.15) is 0 Å². The van der Waals surface area contributed by atoms with Gasteiger partial charge < -0.3 is 20.7 Å². The van der Waals surface area contributed by atoms with Gasteiger partial charge in [-0.3, -0.25) is 9.59 Å². The lowest BCUT2D eigenvalue weighted by Gasteiger charge is -2.21. The minimum atomic E-state index is -1.41. The average Bonchev–Trinajstić information content (AvgIpc) is 2.45. The molecular weight excluding hydrogens is 274 g/mol. The van der Waals surface area contributed by atoms with Crippen molar-refractivity contribution in [1.82, 2.24) is 0 Å². The molecule has 0 saturated carbocycles. The molecule has 110 valence electrons. The summed E-state index contributed by atoms with van der Waals surface area (Å²) < 4.78 is 5.47. The third-order valence-electron chi connectivity index (χ3n) is 3.07. The summed E-state index contributed by atoms with van der Waals surface area (Å²) in [5, 5.41) is 19.7. The summed E-state index contributed by atoms with van der Waals surface area (Å²) in [6, 6.07) is 11.4. The van der Waals surface area contributed by atoms with Gasteiger partial charge in [0.15, 0.2) is 0 Å². The number of carbonyl (C=O) groups is 2. The summed E-state index contributed by atoms with van der Waals surface area (Å²) in [5.74, 6) is -2.09. The molecule has 0 aliphatic heterocycles. The number of carboxylic acid groups (broad SMARTS) is 2. The lowest BCUT2D eigenvalue weighted by molar-refractivity contribution is -0.143. The second-order valence-corrected chi connectivity index (χ2v) is 4.63. The second kappa shape index (κ2) is 6.23. The van der Waals surface area contributed by atoms with Crippen LogP contribution in [0.5, 0.6) is 5.75 Å². The number of fused-ring (bicyclic) bond motifs is 1. The average molecular weight is 289 g/mol. The van der Waals surface area contributed by atoms with E-state index in [1.54, 1.807) is 12.1 Å². The highest BCUT2D eigenvalue weighted by molar-refractivity contribution is 5.83. The van der Waals surface area contributed by atoms with Crippen LogP contribution in [-0.4, -0.2) is 34.3 Å². The summed E-state index contributed by atoms with van der Waals surface area (Å²) in [6.45, 7) is 0. The molecule has 0 spiro atoms. The Hall–Kier alpha value is -2.60. The summed E-state index contributed by atoms with van der Waals surface area (Å²) >= 11 is 0. The Kier molecular flexibility index (Phi) is 4.39. The lowest BCUT2D eigenvalue weighted by Crippen LogP contribution is -2.46. The van der Waals surface area contributed by atoms with Crippen molar-refractivity contribution >= 4 is 22.7 Å². The maximum atomic E-state index is 10.9. The maximum absolute atomic E-state index is 10.9. The van der Waals surface area contributed by atoms with Crippen molar-refractivity contribution in [2.45, 2.75) is 18.6 Å². The van der Waals surface area contributed by atoms with Crippen molar-refractivity contribution in [2.75, 3.05) is 0 Å². The molecule has 0 aromatic heterocycles. The van der Waals surface area contributed by atoms with Crippen LogP contribution in [0.2, 0.25) is 0 Å². The molecule has 2 atom stereocenters. The Balaban J connectivity index is 2.24. The van der Waals surface area contributed by atoms with E-state index in [4.69, 9.17) is 20.7 Å². The van der Waals surface area contributed by atoms with Crippen molar-refractivity contribution in [2.24, 2.45) is 5.73 Å². The van der Waals surface area contributed by atoms with Crippen LogP contribution >= 0.6 is 0 Å². The monoisotopic (exact) mass is 289 g/mol. The van der Waals surface area contributed by atoms with Crippen LogP contribution in [-0.2, 0) is 9.59 Å². The molecule has 2 aromatic rings.